The minimum Gasteiger partial charge on any atom is -0.497 e. The second kappa shape index (κ2) is 9.93. The largest absolute Gasteiger partial charge is 0.497 e. The van der Waals surface area contributed by atoms with Crippen LogP contribution in [0.5, 0.6) is 5.75 Å². The second-order valence-corrected chi connectivity index (χ2v) is 8.88. The van der Waals surface area contributed by atoms with Crippen molar-refractivity contribution in [3.8, 4) is 16.9 Å². The molecule has 0 amide bonds. The fraction of sp³-hybridized carbons (Fsp3) is 0.200. The maximum absolute atomic E-state index is 10.9. The Morgan fingerprint density at radius 1 is 0.697 bits per heavy atom. The molecule has 0 aliphatic carbocycles. The molecule has 33 heavy (non-hydrogen) atoms. The zero-order valence-corrected chi connectivity index (χ0v) is 19.5. The molecule has 3 nitrogen and oxygen atoms in total. The van der Waals surface area contributed by atoms with E-state index in [0.717, 1.165) is 41.2 Å². The highest BCUT2D eigenvalue weighted by Crippen LogP contribution is 2.33. The summed E-state index contributed by atoms with van der Waals surface area (Å²) >= 11 is 0. The second-order valence-electron chi connectivity index (χ2n) is 8.88. The van der Waals surface area contributed by atoms with E-state index in [9.17, 15) is 5.11 Å². The van der Waals surface area contributed by atoms with Crippen molar-refractivity contribution >= 4 is 5.69 Å². The summed E-state index contributed by atoms with van der Waals surface area (Å²) in [5.74, 6) is 0.826. The molecule has 0 bridgehead atoms. The molecule has 4 rings (SSSR count). The number of hydrogen-bond donors (Lipinski definition) is 1. The summed E-state index contributed by atoms with van der Waals surface area (Å²) in [6.07, 6.45) is 0. The monoisotopic (exact) mass is 437 g/mol. The fourth-order valence-corrected chi connectivity index (χ4v) is 3.94. The molecule has 4 aromatic rings. The molecule has 3 heteroatoms. The standard InChI is InChI=1S/C30H31NO2/c1-30(2,32)27-18-26(25-14-16-29(33-3)17-15-25)19-28(20-27)31(21-23-10-6-4-7-11-23)22-24-12-8-5-9-13-24/h4-20,32H,21-22H2,1-3H3. The van der Waals surface area contributed by atoms with Gasteiger partial charge in [0.1, 0.15) is 5.75 Å². The SMILES string of the molecule is COc1ccc(-c2cc(N(Cc3ccccc3)Cc3ccccc3)cc(C(C)(C)O)c2)cc1. The molecule has 0 unspecified atom stereocenters. The van der Waals surface area contributed by atoms with Crippen LogP contribution in [0.1, 0.15) is 30.5 Å². The van der Waals surface area contributed by atoms with Crippen LogP contribution in [-0.4, -0.2) is 12.2 Å². The van der Waals surface area contributed by atoms with Crippen molar-refractivity contribution in [2.75, 3.05) is 12.0 Å². The molecule has 0 fully saturated rings. The average molecular weight is 438 g/mol. The van der Waals surface area contributed by atoms with Crippen LogP contribution in [0.2, 0.25) is 0 Å². The highest BCUT2D eigenvalue weighted by atomic mass is 16.5. The number of anilines is 1. The van der Waals surface area contributed by atoms with Crippen LogP contribution in [0.4, 0.5) is 5.69 Å². The summed E-state index contributed by atoms with van der Waals surface area (Å²) in [4.78, 5) is 2.37. The molecule has 0 radical (unpaired) electrons. The van der Waals surface area contributed by atoms with Gasteiger partial charge in [0, 0.05) is 18.8 Å². The van der Waals surface area contributed by atoms with Gasteiger partial charge in [-0.2, -0.15) is 0 Å². The lowest BCUT2D eigenvalue weighted by molar-refractivity contribution is 0.0787. The van der Waals surface area contributed by atoms with Crippen LogP contribution < -0.4 is 9.64 Å². The first-order chi connectivity index (χ1) is 15.9. The summed E-state index contributed by atoms with van der Waals surface area (Å²) in [6, 6.07) is 35.5. The van der Waals surface area contributed by atoms with Gasteiger partial charge in [0.05, 0.1) is 12.7 Å². The fourth-order valence-electron chi connectivity index (χ4n) is 3.94. The van der Waals surface area contributed by atoms with Crippen molar-refractivity contribution in [3.05, 3.63) is 120 Å². The van der Waals surface area contributed by atoms with E-state index in [-0.39, 0.29) is 0 Å². The van der Waals surface area contributed by atoms with E-state index in [0.29, 0.717) is 0 Å². The van der Waals surface area contributed by atoms with Crippen LogP contribution in [0, 0.1) is 0 Å². The van der Waals surface area contributed by atoms with Gasteiger partial charge in [-0.15, -0.1) is 0 Å². The molecule has 0 aliphatic rings. The van der Waals surface area contributed by atoms with Gasteiger partial charge in [-0.3, -0.25) is 0 Å². The maximum Gasteiger partial charge on any atom is 0.118 e. The van der Waals surface area contributed by atoms with Crippen LogP contribution in [0.15, 0.2) is 103 Å². The summed E-state index contributed by atoms with van der Waals surface area (Å²) in [6.45, 7) is 5.21. The molecular weight excluding hydrogens is 406 g/mol. The van der Waals surface area contributed by atoms with E-state index in [1.807, 2.05) is 38.1 Å². The predicted molar refractivity (Wildman–Crippen MR) is 136 cm³/mol. The Kier molecular flexibility index (Phi) is 6.81. The summed E-state index contributed by atoms with van der Waals surface area (Å²) < 4.78 is 5.33. The van der Waals surface area contributed by atoms with E-state index in [2.05, 4.69) is 83.8 Å². The minimum absolute atomic E-state index is 0.771. The summed E-state index contributed by atoms with van der Waals surface area (Å²) in [7, 11) is 1.67. The van der Waals surface area contributed by atoms with Gasteiger partial charge in [0.2, 0.25) is 0 Å². The Labute approximate surface area is 196 Å². The normalized spacial score (nSPS) is 11.3. The highest BCUT2D eigenvalue weighted by molar-refractivity contribution is 5.71. The maximum atomic E-state index is 10.9. The zero-order chi connectivity index (χ0) is 23.3. The highest BCUT2D eigenvalue weighted by Gasteiger charge is 2.20. The lowest BCUT2D eigenvalue weighted by atomic mass is 9.93. The van der Waals surface area contributed by atoms with E-state index < -0.39 is 5.60 Å². The van der Waals surface area contributed by atoms with Gasteiger partial charge in [-0.1, -0.05) is 72.8 Å². The van der Waals surface area contributed by atoms with Crippen molar-refractivity contribution < 1.29 is 9.84 Å². The Morgan fingerprint density at radius 2 is 1.24 bits per heavy atom. The first kappa shape index (κ1) is 22.6. The number of hydrogen-bond acceptors (Lipinski definition) is 3. The third-order valence-electron chi connectivity index (χ3n) is 5.85. The molecule has 4 aromatic carbocycles. The van der Waals surface area contributed by atoms with Crippen molar-refractivity contribution in [1.29, 1.82) is 0 Å². The number of aliphatic hydroxyl groups is 1. The Hall–Kier alpha value is -3.56. The van der Waals surface area contributed by atoms with Gasteiger partial charge in [-0.25, -0.2) is 0 Å². The van der Waals surface area contributed by atoms with Crippen molar-refractivity contribution in [2.24, 2.45) is 0 Å². The quantitative estimate of drug-likeness (QED) is 0.329. The number of rotatable bonds is 8. The molecular formula is C30H31NO2. The Morgan fingerprint density at radius 3 is 1.73 bits per heavy atom. The zero-order valence-electron chi connectivity index (χ0n) is 19.5. The Bertz CT molecular complexity index is 1120. The smallest absolute Gasteiger partial charge is 0.118 e. The summed E-state index contributed by atoms with van der Waals surface area (Å²) in [5, 5.41) is 10.9. The van der Waals surface area contributed by atoms with Crippen LogP contribution >= 0.6 is 0 Å². The Balaban J connectivity index is 1.79. The molecule has 1 N–H and O–H groups in total. The molecule has 0 saturated heterocycles. The minimum atomic E-state index is -0.956. The average Bonchev–Trinajstić information content (AvgIpc) is 2.84. The number of benzene rings is 4. The van der Waals surface area contributed by atoms with Crippen LogP contribution in [0.3, 0.4) is 0 Å². The molecule has 0 aromatic heterocycles. The van der Waals surface area contributed by atoms with Crippen molar-refractivity contribution in [1.82, 2.24) is 0 Å². The van der Waals surface area contributed by atoms with Gasteiger partial charge >= 0.3 is 0 Å². The number of methoxy groups -OCH3 is 1. The molecule has 0 atom stereocenters. The summed E-state index contributed by atoms with van der Waals surface area (Å²) in [5.41, 5.74) is 5.65. The number of nitrogens with zero attached hydrogens (tertiary/aromatic N) is 1. The predicted octanol–water partition coefficient (Wildman–Crippen LogP) is 6.80. The van der Waals surface area contributed by atoms with Gasteiger partial charge in [0.25, 0.3) is 0 Å². The third-order valence-corrected chi connectivity index (χ3v) is 5.85. The van der Waals surface area contributed by atoms with Crippen molar-refractivity contribution in [3.63, 3.8) is 0 Å². The van der Waals surface area contributed by atoms with Gasteiger partial charge in [-0.05, 0) is 72.0 Å². The van der Waals surface area contributed by atoms with E-state index >= 15 is 0 Å². The molecule has 0 heterocycles. The third kappa shape index (κ3) is 5.82. The van der Waals surface area contributed by atoms with E-state index in [1.165, 1.54) is 11.1 Å². The van der Waals surface area contributed by atoms with E-state index in [4.69, 9.17) is 4.74 Å². The number of ether oxygens (including phenoxy) is 1. The first-order valence-electron chi connectivity index (χ1n) is 11.3. The van der Waals surface area contributed by atoms with E-state index in [1.54, 1.807) is 7.11 Å². The molecule has 0 spiro atoms. The van der Waals surface area contributed by atoms with Crippen LogP contribution in [-0.2, 0) is 18.7 Å². The van der Waals surface area contributed by atoms with Crippen LogP contribution in [0.25, 0.3) is 11.1 Å². The van der Waals surface area contributed by atoms with Gasteiger partial charge < -0.3 is 14.7 Å². The molecule has 168 valence electrons. The molecule has 0 aliphatic heterocycles. The lowest BCUT2D eigenvalue weighted by Gasteiger charge is -2.28. The van der Waals surface area contributed by atoms with Gasteiger partial charge in [0.15, 0.2) is 0 Å². The molecule has 0 saturated carbocycles. The lowest BCUT2D eigenvalue weighted by Crippen LogP contribution is -2.23. The topological polar surface area (TPSA) is 32.7 Å². The van der Waals surface area contributed by atoms with Crippen molar-refractivity contribution in [2.45, 2.75) is 32.5 Å². The first-order valence-corrected chi connectivity index (χ1v) is 11.3.